The lowest BCUT2D eigenvalue weighted by Crippen LogP contribution is -2.42. The Morgan fingerprint density at radius 2 is 2.00 bits per heavy atom. The maximum absolute atomic E-state index is 11.2. The van der Waals surface area contributed by atoms with Crippen LogP contribution in [-0.4, -0.2) is 29.1 Å². The molecule has 0 radical (unpaired) electrons. The Labute approximate surface area is 115 Å². The van der Waals surface area contributed by atoms with Gasteiger partial charge < -0.3 is 5.11 Å². The predicted molar refractivity (Wildman–Crippen MR) is 76.0 cm³/mol. The van der Waals surface area contributed by atoms with E-state index in [1.54, 1.807) is 0 Å². The van der Waals surface area contributed by atoms with Crippen molar-refractivity contribution in [1.29, 1.82) is 0 Å². The molecular weight excluding hydrogens is 238 g/mol. The summed E-state index contributed by atoms with van der Waals surface area (Å²) in [5.74, 6) is -0.381. The molecule has 0 saturated carbocycles. The number of hydrogen-bond acceptors (Lipinski definition) is 2. The first kappa shape index (κ1) is 14.1. The van der Waals surface area contributed by atoms with Crippen molar-refractivity contribution >= 4 is 5.97 Å². The zero-order valence-electron chi connectivity index (χ0n) is 11.7. The first-order chi connectivity index (χ1) is 9.09. The number of likely N-dealkylation sites (tertiary alicyclic amines) is 1. The number of carbonyl (C=O) groups is 1. The Balaban J connectivity index is 2.18. The fraction of sp³-hybridized carbons (Fsp3) is 0.562. The van der Waals surface area contributed by atoms with Crippen LogP contribution in [0.5, 0.6) is 0 Å². The standard InChI is InChI=1S/C16H23NO2/c1-12(2)15(13-7-4-3-5-8-13)17-10-6-9-14(11-17)16(18)19/h3-5,7-8,12,14-15H,6,9-11H2,1-2H3,(H,18,19). The fourth-order valence-corrected chi connectivity index (χ4v) is 3.13. The highest BCUT2D eigenvalue weighted by Gasteiger charge is 2.31. The highest BCUT2D eigenvalue weighted by Crippen LogP contribution is 2.32. The smallest absolute Gasteiger partial charge is 0.307 e. The summed E-state index contributed by atoms with van der Waals surface area (Å²) in [5, 5.41) is 9.22. The molecular formula is C16H23NO2. The van der Waals surface area contributed by atoms with Crippen molar-refractivity contribution in [1.82, 2.24) is 4.90 Å². The molecule has 1 heterocycles. The molecule has 1 aliphatic rings. The second-order valence-electron chi connectivity index (χ2n) is 5.77. The monoisotopic (exact) mass is 261 g/mol. The molecule has 0 bridgehead atoms. The van der Waals surface area contributed by atoms with E-state index in [1.807, 2.05) is 6.07 Å². The zero-order valence-corrected chi connectivity index (χ0v) is 11.7. The van der Waals surface area contributed by atoms with Gasteiger partial charge in [-0.25, -0.2) is 0 Å². The average molecular weight is 261 g/mol. The van der Waals surface area contributed by atoms with Gasteiger partial charge in [0, 0.05) is 12.6 Å². The lowest BCUT2D eigenvalue weighted by Gasteiger charge is -2.39. The lowest BCUT2D eigenvalue weighted by molar-refractivity contribution is -0.144. The Hall–Kier alpha value is -1.35. The van der Waals surface area contributed by atoms with E-state index in [4.69, 9.17) is 0 Å². The summed E-state index contributed by atoms with van der Waals surface area (Å²) < 4.78 is 0. The molecule has 1 saturated heterocycles. The van der Waals surface area contributed by atoms with Crippen LogP contribution in [0.4, 0.5) is 0 Å². The highest BCUT2D eigenvalue weighted by molar-refractivity contribution is 5.70. The van der Waals surface area contributed by atoms with Crippen LogP contribution in [0, 0.1) is 11.8 Å². The Bertz CT molecular complexity index is 416. The first-order valence-electron chi connectivity index (χ1n) is 7.11. The van der Waals surface area contributed by atoms with Gasteiger partial charge in [-0.15, -0.1) is 0 Å². The van der Waals surface area contributed by atoms with Crippen LogP contribution in [0.15, 0.2) is 30.3 Å². The molecule has 2 unspecified atom stereocenters. The minimum atomic E-state index is -0.653. The van der Waals surface area contributed by atoms with Crippen LogP contribution >= 0.6 is 0 Å². The van der Waals surface area contributed by atoms with Crippen molar-refractivity contribution in [2.45, 2.75) is 32.7 Å². The SMILES string of the molecule is CC(C)C(c1ccccc1)N1CCCC(C(=O)O)C1. The molecule has 1 fully saturated rings. The number of aliphatic carboxylic acids is 1. The van der Waals surface area contributed by atoms with E-state index in [-0.39, 0.29) is 5.92 Å². The molecule has 2 rings (SSSR count). The summed E-state index contributed by atoms with van der Waals surface area (Å²) in [5.41, 5.74) is 1.29. The highest BCUT2D eigenvalue weighted by atomic mass is 16.4. The molecule has 1 aliphatic heterocycles. The third-order valence-electron chi connectivity index (χ3n) is 3.97. The van der Waals surface area contributed by atoms with Crippen molar-refractivity contribution in [3.05, 3.63) is 35.9 Å². The molecule has 1 N–H and O–H groups in total. The van der Waals surface area contributed by atoms with E-state index in [2.05, 4.69) is 43.0 Å². The number of hydrogen-bond donors (Lipinski definition) is 1. The van der Waals surface area contributed by atoms with Crippen LogP contribution in [-0.2, 0) is 4.79 Å². The largest absolute Gasteiger partial charge is 0.481 e. The molecule has 2 atom stereocenters. The third kappa shape index (κ3) is 3.35. The van der Waals surface area contributed by atoms with E-state index in [1.165, 1.54) is 5.56 Å². The maximum atomic E-state index is 11.2. The van der Waals surface area contributed by atoms with Gasteiger partial charge >= 0.3 is 5.97 Å². The second-order valence-corrected chi connectivity index (χ2v) is 5.77. The van der Waals surface area contributed by atoms with Gasteiger partial charge in [-0.1, -0.05) is 44.2 Å². The molecule has 0 spiro atoms. The summed E-state index contributed by atoms with van der Waals surface area (Å²) >= 11 is 0. The normalized spacial score (nSPS) is 22.4. The molecule has 1 aromatic carbocycles. The molecule has 3 heteroatoms. The topological polar surface area (TPSA) is 40.5 Å². The molecule has 1 aromatic rings. The number of nitrogens with zero attached hydrogens (tertiary/aromatic N) is 1. The molecule has 0 aromatic heterocycles. The van der Waals surface area contributed by atoms with Crippen molar-refractivity contribution in [3.8, 4) is 0 Å². The maximum Gasteiger partial charge on any atom is 0.307 e. The minimum absolute atomic E-state index is 0.210. The minimum Gasteiger partial charge on any atom is -0.481 e. The van der Waals surface area contributed by atoms with Crippen LogP contribution in [0.25, 0.3) is 0 Å². The van der Waals surface area contributed by atoms with Crippen molar-refractivity contribution in [2.75, 3.05) is 13.1 Å². The predicted octanol–water partition coefficient (Wildman–Crippen LogP) is 3.18. The molecule has 0 aliphatic carbocycles. The number of rotatable bonds is 4. The van der Waals surface area contributed by atoms with E-state index in [9.17, 15) is 9.90 Å². The molecule has 3 nitrogen and oxygen atoms in total. The van der Waals surface area contributed by atoms with Gasteiger partial charge in [0.25, 0.3) is 0 Å². The van der Waals surface area contributed by atoms with Gasteiger partial charge in [-0.05, 0) is 30.9 Å². The number of piperidine rings is 1. The van der Waals surface area contributed by atoms with E-state index < -0.39 is 5.97 Å². The Morgan fingerprint density at radius 3 is 2.58 bits per heavy atom. The number of benzene rings is 1. The van der Waals surface area contributed by atoms with E-state index in [0.29, 0.717) is 18.5 Å². The fourth-order valence-electron chi connectivity index (χ4n) is 3.13. The van der Waals surface area contributed by atoms with Gasteiger partial charge in [0.15, 0.2) is 0 Å². The molecule has 19 heavy (non-hydrogen) atoms. The Morgan fingerprint density at radius 1 is 1.32 bits per heavy atom. The summed E-state index contributed by atoms with van der Waals surface area (Å²) in [4.78, 5) is 13.6. The van der Waals surface area contributed by atoms with Gasteiger partial charge in [-0.2, -0.15) is 0 Å². The number of carboxylic acids is 1. The van der Waals surface area contributed by atoms with Crippen LogP contribution in [0.3, 0.4) is 0 Å². The number of carboxylic acid groups (broad SMARTS) is 1. The van der Waals surface area contributed by atoms with E-state index >= 15 is 0 Å². The molecule has 0 amide bonds. The first-order valence-corrected chi connectivity index (χ1v) is 7.11. The summed E-state index contributed by atoms with van der Waals surface area (Å²) in [7, 11) is 0. The second kappa shape index (κ2) is 6.20. The van der Waals surface area contributed by atoms with Crippen LogP contribution in [0.1, 0.15) is 38.3 Å². The van der Waals surface area contributed by atoms with Gasteiger partial charge in [0.2, 0.25) is 0 Å². The Kier molecular flexibility index (Phi) is 4.59. The van der Waals surface area contributed by atoms with Crippen molar-refractivity contribution < 1.29 is 9.90 Å². The summed E-state index contributed by atoms with van der Waals surface area (Å²) in [6, 6.07) is 10.8. The summed E-state index contributed by atoms with van der Waals surface area (Å²) in [6.07, 6.45) is 1.79. The van der Waals surface area contributed by atoms with Crippen LogP contribution in [0.2, 0.25) is 0 Å². The quantitative estimate of drug-likeness (QED) is 0.905. The summed E-state index contributed by atoms with van der Waals surface area (Å²) in [6.45, 7) is 6.10. The van der Waals surface area contributed by atoms with Gasteiger partial charge in [0.05, 0.1) is 5.92 Å². The third-order valence-corrected chi connectivity index (χ3v) is 3.97. The lowest BCUT2D eigenvalue weighted by atomic mass is 9.90. The van der Waals surface area contributed by atoms with Gasteiger partial charge in [0.1, 0.15) is 0 Å². The van der Waals surface area contributed by atoms with Crippen molar-refractivity contribution in [2.24, 2.45) is 11.8 Å². The van der Waals surface area contributed by atoms with E-state index in [0.717, 1.165) is 19.4 Å². The van der Waals surface area contributed by atoms with Crippen molar-refractivity contribution in [3.63, 3.8) is 0 Å². The zero-order chi connectivity index (χ0) is 13.8. The average Bonchev–Trinajstić information content (AvgIpc) is 2.40. The molecule has 104 valence electrons. The van der Waals surface area contributed by atoms with Gasteiger partial charge in [-0.3, -0.25) is 9.69 Å². The van der Waals surface area contributed by atoms with Crippen LogP contribution < -0.4 is 0 Å².